The highest BCUT2D eigenvalue weighted by Gasteiger charge is 2.08. The van der Waals surface area contributed by atoms with Crippen LogP contribution in [0.4, 0.5) is 4.79 Å². The van der Waals surface area contributed by atoms with Crippen LogP contribution in [0.2, 0.25) is 0 Å². The van der Waals surface area contributed by atoms with Crippen LogP contribution in [-0.4, -0.2) is 11.0 Å². The van der Waals surface area contributed by atoms with Gasteiger partial charge in [0.05, 0.1) is 18.8 Å². The van der Waals surface area contributed by atoms with Crippen LogP contribution in [0, 0.1) is 0 Å². The van der Waals surface area contributed by atoms with Crippen molar-refractivity contribution >= 4 is 6.03 Å². The fraction of sp³-hybridized carbons (Fsp3) is 0.231. The predicted molar refractivity (Wildman–Crippen MR) is 66.7 cm³/mol. The fourth-order valence-electron chi connectivity index (χ4n) is 1.56. The molecule has 0 saturated heterocycles. The summed E-state index contributed by atoms with van der Waals surface area (Å²) in [6, 6.07) is 7.05. The number of rotatable bonds is 4. The molecule has 2 aromatic heterocycles. The molecule has 2 N–H and O–H groups in total. The van der Waals surface area contributed by atoms with Gasteiger partial charge < -0.3 is 15.1 Å². The van der Waals surface area contributed by atoms with Crippen LogP contribution in [0.1, 0.15) is 24.3 Å². The molecule has 0 aromatic carbocycles. The minimum atomic E-state index is -0.226. The largest absolute Gasteiger partial charge is 0.467 e. The molecule has 0 fully saturated rings. The Balaban J connectivity index is 1.80. The van der Waals surface area contributed by atoms with Gasteiger partial charge in [-0.05, 0) is 36.8 Å². The monoisotopic (exact) mass is 245 g/mol. The maximum atomic E-state index is 11.6. The van der Waals surface area contributed by atoms with Gasteiger partial charge in [-0.1, -0.05) is 0 Å². The van der Waals surface area contributed by atoms with Crippen molar-refractivity contribution in [2.45, 2.75) is 19.5 Å². The van der Waals surface area contributed by atoms with Crippen molar-refractivity contribution in [3.8, 4) is 0 Å². The Labute approximate surface area is 105 Å². The van der Waals surface area contributed by atoms with E-state index < -0.39 is 0 Å². The Hall–Kier alpha value is -2.30. The summed E-state index contributed by atoms with van der Waals surface area (Å²) < 4.78 is 5.12. The molecule has 0 saturated carbocycles. The highest BCUT2D eigenvalue weighted by atomic mass is 16.3. The number of aromatic nitrogens is 1. The molecule has 0 aliphatic carbocycles. The van der Waals surface area contributed by atoms with E-state index in [2.05, 4.69) is 15.6 Å². The second-order valence-corrected chi connectivity index (χ2v) is 3.91. The number of hydrogen-bond donors (Lipinski definition) is 2. The van der Waals surface area contributed by atoms with Crippen molar-refractivity contribution < 1.29 is 9.21 Å². The molecule has 0 bridgehead atoms. The van der Waals surface area contributed by atoms with Gasteiger partial charge in [0.2, 0.25) is 0 Å². The van der Waals surface area contributed by atoms with Crippen LogP contribution in [0.5, 0.6) is 0 Å². The molecule has 5 heteroatoms. The van der Waals surface area contributed by atoms with Crippen molar-refractivity contribution in [2.75, 3.05) is 0 Å². The predicted octanol–water partition coefficient (Wildman–Crippen LogP) is 2.24. The van der Waals surface area contributed by atoms with E-state index in [9.17, 15) is 4.79 Å². The van der Waals surface area contributed by atoms with E-state index in [4.69, 9.17) is 4.42 Å². The van der Waals surface area contributed by atoms with E-state index >= 15 is 0 Å². The van der Waals surface area contributed by atoms with Crippen LogP contribution in [0.15, 0.2) is 47.3 Å². The molecule has 2 aromatic rings. The minimum Gasteiger partial charge on any atom is -0.467 e. The van der Waals surface area contributed by atoms with Gasteiger partial charge in [0, 0.05) is 12.4 Å². The van der Waals surface area contributed by atoms with Crippen LogP contribution >= 0.6 is 0 Å². The number of carbonyl (C=O) groups excluding carboxylic acids is 1. The van der Waals surface area contributed by atoms with Crippen LogP contribution in [0.25, 0.3) is 0 Å². The number of nitrogens with zero attached hydrogens (tertiary/aromatic N) is 1. The van der Waals surface area contributed by atoms with Gasteiger partial charge in [-0.15, -0.1) is 0 Å². The average Bonchev–Trinajstić information content (AvgIpc) is 2.90. The standard InChI is InChI=1S/C13H15N3O2/c1-10(11-4-6-14-7-5-11)16-13(17)15-9-12-3-2-8-18-12/h2-8,10H,9H2,1H3,(H2,15,16,17). The summed E-state index contributed by atoms with van der Waals surface area (Å²) in [6.45, 7) is 2.30. The third kappa shape index (κ3) is 3.35. The summed E-state index contributed by atoms with van der Waals surface area (Å²) in [5.41, 5.74) is 1.01. The van der Waals surface area contributed by atoms with E-state index in [1.807, 2.05) is 25.1 Å². The Morgan fingerprint density at radius 2 is 2.17 bits per heavy atom. The Kier molecular flexibility index (Phi) is 3.96. The van der Waals surface area contributed by atoms with Gasteiger partial charge in [0.1, 0.15) is 5.76 Å². The summed E-state index contributed by atoms with van der Waals surface area (Å²) in [7, 11) is 0. The number of nitrogens with one attached hydrogen (secondary N) is 2. The molecular formula is C13H15N3O2. The first kappa shape index (κ1) is 12.2. The minimum absolute atomic E-state index is 0.0652. The first-order valence-corrected chi connectivity index (χ1v) is 5.72. The number of furan rings is 1. The third-order valence-corrected chi connectivity index (χ3v) is 2.56. The quantitative estimate of drug-likeness (QED) is 0.868. The summed E-state index contributed by atoms with van der Waals surface area (Å²) >= 11 is 0. The van der Waals surface area contributed by atoms with Crippen molar-refractivity contribution in [3.63, 3.8) is 0 Å². The summed E-state index contributed by atoms with van der Waals surface area (Å²) in [5, 5.41) is 5.57. The number of amides is 2. The molecule has 94 valence electrons. The lowest BCUT2D eigenvalue weighted by Crippen LogP contribution is -2.36. The highest BCUT2D eigenvalue weighted by molar-refractivity contribution is 5.74. The zero-order valence-corrected chi connectivity index (χ0v) is 10.1. The van der Waals surface area contributed by atoms with E-state index in [1.54, 1.807) is 24.7 Å². The van der Waals surface area contributed by atoms with Crippen LogP contribution < -0.4 is 10.6 Å². The summed E-state index contributed by atoms with van der Waals surface area (Å²) in [5.74, 6) is 0.724. The normalized spacial score (nSPS) is 11.8. The molecule has 1 atom stereocenters. The lowest BCUT2D eigenvalue weighted by atomic mass is 10.1. The Bertz CT molecular complexity index is 482. The van der Waals surface area contributed by atoms with Crippen molar-refractivity contribution in [2.24, 2.45) is 0 Å². The third-order valence-electron chi connectivity index (χ3n) is 2.56. The molecule has 0 aliphatic heterocycles. The molecule has 18 heavy (non-hydrogen) atoms. The van der Waals surface area contributed by atoms with Gasteiger partial charge >= 0.3 is 6.03 Å². The van der Waals surface area contributed by atoms with E-state index in [0.717, 1.165) is 11.3 Å². The zero-order chi connectivity index (χ0) is 12.8. The van der Waals surface area contributed by atoms with Crippen molar-refractivity contribution in [3.05, 3.63) is 54.2 Å². The molecule has 2 rings (SSSR count). The molecule has 5 nitrogen and oxygen atoms in total. The molecular weight excluding hydrogens is 230 g/mol. The first-order valence-electron chi connectivity index (χ1n) is 5.72. The second-order valence-electron chi connectivity index (χ2n) is 3.91. The van der Waals surface area contributed by atoms with Gasteiger partial charge in [-0.2, -0.15) is 0 Å². The molecule has 0 aliphatic rings. The van der Waals surface area contributed by atoms with Gasteiger partial charge in [-0.25, -0.2) is 4.79 Å². The fourth-order valence-corrected chi connectivity index (χ4v) is 1.56. The topological polar surface area (TPSA) is 67.2 Å². The number of pyridine rings is 1. The molecule has 0 spiro atoms. The maximum Gasteiger partial charge on any atom is 0.315 e. The van der Waals surface area contributed by atoms with Crippen molar-refractivity contribution in [1.82, 2.24) is 15.6 Å². The van der Waals surface area contributed by atoms with Crippen LogP contribution in [-0.2, 0) is 6.54 Å². The van der Waals surface area contributed by atoms with Gasteiger partial charge in [-0.3, -0.25) is 4.98 Å². The molecule has 2 amide bonds. The molecule has 2 heterocycles. The summed E-state index contributed by atoms with van der Waals surface area (Å²) in [4.78, 5) is 15.6. The SMILES string of the molecule is CC(NC(=O)NCc1ccco1)c1ccncc1. The van der Waals surface area contributed by atoms with Gasteiger partial charge in [0.15, 0.2) is 0 Å². The van der Waals surface area contributed by atoms with Crippen LogP contribution in [0.3, 0.4) is 0 Å². The lowest BCUT2D eigenvalue weighted by molar-refractivity contribution is 0.236. The van der Waals surface area contributed by atoms with E-state index in [-0.39, 0.29) is 12.1 Å². The number of urea groups is 1. The Morgan fingerprint density at radius 3 is 2.83 bits per heavy atom. The molecule has 0 radical (unpaired) electrons. The second kappa shape index (κ2) is 5.86. The zero-order valence-electron chi connectivity index (χ0n) is 10.1. The number of carbonyl (C=O) groups is 1. The van der Waals surface area contributed by atoms with Crippen molar-refractivity contribution in [1.29, 1.82) is 0 Å². The molecule has 1 unspecified atom stereocenters. The Morgan fingerprint density at radius 1 is 1.39 bits per heavy atom. The summed E-state index contributed by atoms with van der Waals surface area (Å²) in [6.07, 6.45) is 4.98. The highest BCUT2D eigenvalue weighted by Crippen LogP contribution is 2.09. The number of hydrogen-bond acceptors (Lipinski definition) is 3. The van der Waals surface area contributed by atoms with E-state index in [1.165, 1.54) is 0 Å². The van der Waals surface area contributed by atoms with Gasteiger partial charge in [0.25, 0.3) is 0 Å². The smallest absolute Gasteiger partial charge is 0.315 e. The first-order chi connectivity index (χ1) is 8.75. The maximum absolute atomic E-state index is 11.6. The van der Waals surface area contributed by atoms with E-state index in [0.29, 0.717) is 6.54 Å². The lowest BCUT2D eigenvalue weighted by Gasteiger charge is -2.14. The average molecular weight is 245 g/mol.